The highest BCUT2D eigenvalue weighted by Crippen LogP contribution is 2.49. The topological polar surface area (TPSA) is 9.23 Å². The van der Waals surface area contributed by atoms with Gasteiger partial charge in [-0.2, -0.15) is 8.78 Å². The Balaban J connectivity index is 1.22. The van der Waals surface area contributed by atoms with Gasteiger partial charge in [0.25, 0.3) is 0 Å². The number of ether oxygens (including phenoxy) is 1. The average molecular weight is 455 g/mol. The highest BCUT2D eigenvalue weighted by Gasteiger charge is 2.45. The summed E-state index contributed by atoms with van der Waals surface area (Å²) in [6, 6.07) is 2.58. The van der Waals surface area contributed by atoms with Crippen LogP contribution in [0.4, 0.5) is 17.6 Å². The molecular weight excluding hydrogens is 416 g/mol. The van der Waals surface area contributed by atoms with E-state index in [0.717, 1.165) is 42.7 Å². The van der Waals surface area contributed by atoms with Crippen LogP contribution in [-0.4, -0.2) is 6.11 Å². The molecule has 4 rings (SSSR count). The quantitative estimate of drug-likeness (QED) is 0.374. The third-order valence-electron chi connectivity index (χ3n) is 8.82. The first-order valence-electron chi connectivity index (χ1n) is 12.9. The van der Waals surface area contributed by atoms with Crippen molar-refractivity contribution in [1.82, 2.24) is 0 Å². The molecule has 180 valence electrons. The zero-order valence-corrected chi connectivity index (χ0v) is 19.3. The molecule has 0 saturated heterocycles. The van der Waals surface area contributed by atoms with E-state index in [4.69, 9.17) is 4.74 Å². The molecule has 0 spiro atoms. The second kappa shape index (κ2) is 10.3. The van der Waals surface area contributed by atoms with Crippen LogP contribution < -0.4 is 4.74 Å². The molecule has 1 aromatic carbocycles. The van der Waals surface area contributed by atoms with Crippen molar-refractivity contribution in [3.63, 3.8) is 0 Å². The smallest absolute Gasteiger partial charge is 0.400 e. The third kappa shape index (κ3) is 5.62. The van der Waals surface area contributed by atoms with Crippen molar-refractivity contribution in [1.29, 1.82) is 0 Å². The van der Waals surface area contributed by atoms with E-state index >= 15 is 0 Å². The summed E-state index contributed by atoms with van der Waals surface area (Å²) < 4.78 is 60.5. The summed E-state index contributed by atoms with van der Waals surface area (Å²) in [4.78, 5) is 0. The second-order valence-electron chi connectivity index (χ2n) is 10.8. The molecule has 3 saturated carbocycles. The molecule has 0 bridgehead atoms. The Labute approximate surface area is 190 Å². The first kappa shape index (κ1) is 23.9. The van der Waals surface area contributed by atoms with E-state index in [1.807, 2.05) is 0 Å². The molecule has 0 aromatic heterocycles. The molecule has 0 N–H and O–H groups in total. The zero-order chi connectivity index (χ0) is 22.7. The maximum Gasteiger partial charge on any atom is 0.400 e. The second-order valence-corrected chi connectivity index (χ2v) is 10.8. The molecule has 3 aliphatic carbocycles. The van der Waals surface area contributed by atoms with E-state index in [9.17, 15) is 17.6 Å². The Bertz CT molecular complexity index is 735. The van der Waals surface area contributed by atoms with Gasteiger partial charge in [-0.15, -0.1) is 0 Å². The Hall–Kier alpha value is -1.26. The van der Waals surface area contributed by atoms with Crippen LogP contribution in [0.25, 0.3) is 0 Å². The van der Waals surface area contributed by atoms with Gasteiger partial charge in [0.2, 0.25) is 0 Å². The summed E-state index contributed by atoms with van der Waals surface area (Å²) in [5, 5.41) is 0. The largest absolute Gasteiger partial charge is 0.432 e. The van der Waals surface area contributed by atoms with Gasteiger partial charge in [-0.1, -0.05) is 26.2 Å². The minimum absolute atomic E-state index is 0.317. The number of halogens is 4. The lowest BCUT2D eigenvalue weighted by Crippen LogP contribution is -2.38. The standard InChI is InChI=1S/C27H38F4O/c1-2-3-18-4-5-22(16-18)21-8-6-19(7-9-21)20-10-12-23(13-11-20)27(30,31)32-24-14-15-25(28)26(29)17-24/h14-15,17-23H,2-13,16H2,1H3. The van der Waals surface area contributed by atoms with E-state index in [2.05, 4.69) is 6.92 Å². The SMILES string of the molecule is CCCC1CCC(C2CCC(C3CCC(C(F)(F)Oc4ccc(F)c(F)c4)CC3)CC2)C1. The minimum Gasteiger partial charge on any atom is -0.432 e. The summed E-state index contributed by atoms with van der Waals surface area (Å²) in [6.45, 7) is 2.29. The van der Waals surface area contributed by atoms with Crippen molar-refractivity contribution in [3.8, 4) is 5.75 Å². The Kier molecular flexibility index (Phi) is 7.72. The molecular formula is C27H38F4O. The monoisotopic (exact) mass is 454 g/mol. The maximum absolute atomic E-state index is 14.7. The van der Waals surface area contributed by atoms with Crippen molar-refractivity contribution < 1.29 is 22.3 Å². The summed E-state index contributed by atoms with van der Waals surface area (Å²) in [5.41, 5.74) is 0. The van der Waals surface area contributed by atoms with Gasteiger partial charge in [0.1, 0.15) is 5.75 Å². The lowest BCUT2D eigenvalue weighted by Gasteiger charge is -2.40. The van der Waals surface area contributed by atoms with Crippen molar-refractivity contribution in [2.24, 2.45) is 35.5 Å². The van der Waals surface area contributed by atoms with Crippen LogP contribution in [0.1, 0.15) is 90.4 Å². The van der Waals surface area contributed by atoms with E-state index < -0.39 is 23.7 Å². The first-order valence-corrected chi connectivity index (χ1v) is 12.9. The van der Waals surface area contributed by atoms with Crippen molar-refractivity contribution in [2.45, 2.75) is 96.5 Å². The highest BCUT2D eigenvalue weighted by molar-refractivity contribution is 5.24. The lowest BCUT2D eigenvalue weighted by molar-refractivity contribution is -0.224. The lowest BCUT2D eigenvalue weighted by atomic mass is 9.67. The van der Waals surface area contributed by atoms with Crippen LogP contribution in [-0.2, 0) is 0 Å². The Morgan fingerprint density at radius 3 is 1.94 bits per heavy atom. The van der Waals surface area contributed by atoms with Gasteiger partial charge >= 0.3 is 6.11 Å². The molecule has 3 fully saturated rings. The minimum atomic E-state index is -3.36. The normalized spacial score (nSPS) is 33.9. The Morgan fingerprint density at radius 1 is 0.781 bits per heavy atom. The van der Waals surface area contributed by atoms with Gasteiger partial charge in [-0.05, 0) is 106 Å². The van der Waals surface area contributed by atoms with Crippen LogP contribution in [0.3, 0.4) is 0 Å². The predicted octanol–water partition coefficient (Wildman–Crippen LogP) is 8.77. The van der Waals surface area contributed by atoms with Crippen LogP contribution >= 0.6 is 0 Å². The first-order chi connectivity index (χ1) is 15.4. The van der Waals surface area contributed by atoms with Gasteiger partial charge in [0.05, 0.1) is 5.92 Å². The van der Waals surface area contributed by atoms with E-state index in [0.29, 0.717) is 30.7 Å². The molecule has 32 heavy (non-hydrogen) atoms. The predicted molar refractivity (Wildman–Crippen MR) is 119 cm³/mol. The number of hydrogen-bond donors (Lipinski definition) is 0. The van der Waals surface area contributed by atoms with Crippen LogP contribution in [0.15, 0.2) is 18.2 Å². The zero-order valence-electron chi connectivity index (χ0n) is 19.3. The van der Waals surface area contributed by atoms with E-state index in [1.54, 1.807) is 0 Å². The van der Waals surface area contributed by atoms with Crippen molar-refractivity contribution >= 4 is 0 Å². The summed E-state index contributed by atoms with van der Waals surface area (Å²) >= 11 is 0. The molecule has 0 heterocycles. The maximum atomic E-state index is 14.7. The fraction of sp³-hybridized carbons (Fsp3) is 0.778. The molecule has 1 nitrogen and oxygen atoms in total. The Morgan fingerprint density at radius 2 is 1.34 bits per heavy atom. The van der Waals surface area contributed by atoms with Crippen molar-refractivity contribution in [3.05, 3.63) is 29.8 Å². The molecule has 3 aliphatic rings. The van der Waals surface area contributed by atoms with Gasteiger partial charge in [0.15, 0.2) is 11.6 Å². The highest BCUT2D eigenvalue weighted by atomic mass is 19.3. The molecule has 2 atom stereocenters. The van der Waals surface area contributed by atoms with Crippen LogP contribution in [0.2, 0.25) is 0 Å². The van der Waals surface area contributed by atoms with E-state index in [1.165, 1.54) is 57.8 Å². The average Bonchev–Trinajstić information content (AvgIpc) is 3.25. The fourth-order valence-electron chi connectivity index (χ4n) is 7.01. The summed E-state index contributed by atoms with van der Waals surface area (Å²) in [6.07, 6.45) is 11.3. The molecule has 1 aromatic rings. The molecule has 0 amide bonds. The van der Waals surface area contributed by atoms with Crippen molar-refractivity contribution in [2.75, 3.05) is 0 Å². The summed E-state index contributed by atoms with van der Waals surface area (Å²) in [7, 11) is 0. The third-order valence-corrected chi connectivity index (χ3v) is 8.82. The number of hydrogen-bond acceptors (Lipinski definition) is 1. The molecule has 5 heteroatoms. The van der Waals surface area contributed by atoms with E-state index in [-0.39, 0.29) is 5.75 Å². The number of alkyl halides is 2. The van der Waals surface area contributed by atoms with Gasteiger partial charge in [0, 0.05) is 6.07 Å². The summed E-state index contributed by atoms with van der Waals surface area (Å²) in [5.74, 6) is 0.575. The molecule has 0 radical (unpaired) electrons. The van der Waals surface area contributed by atoms with Crippen LogP contribution in [0.5, 0.6) is 5.75 Å². The fourth-order valence-corrected chi connectivity index (χ4v) is 7.01. The van der Waals surface area contributed by atoms with Gasteiger partial charge < -0.3 is 4.74 Å². The molecule has 0 aliphatic heterocycles. The molecule has 2 unspecified atom stereocenters. The van der Waals surface area contributed by atoms with Gasteiger partial charge in [-0.3, -0.25) is 0 Å². The van der Waals surface area contributed by atoms with Gasteiger partial charge in [-0.25, -0.2) is 8.78 Å². The number of benzene rings is 1. The number of rotatable bonds is 7. The van der Waals surface area contributed by atoms with Crippen LogP contribution in [0, 0.1) is 47.1 Å².